The van der Waals surface area contributed by atoms with Gasteiger partial charge in [-0.05, 0) is 63.8 Å². The third-order valence-corrected chi connectivity index (χ3v) is 7.65. The van der Waals surface area contributed by atoms with Crippen LogP contribution in [0.5, 0.6) is 5.75 Å². The molecule has 1 amide bonds. The van der Waals surface area contributed by atoms with E-state index in [1.165, 1.54) is 5.56 Å². The Kier molecular flexibility index (Phi) is 5.30. The van der Waals surface area contributed by atoms with Crippen LogP contribution in [0.2, 0.25) is 0 Å². The Bertz CT molecular complexity index is 999. The Morgan fingerprint density at radius 3 is 2.62 bits per heavy atom. The number of benzene rings is 2. The van der Waals surface area contributed by atoms with Crippen molar-refractivity contribution >= 4 is 5.91 Å². The number of ether oxygens (including phenoxy) is 1. The van der Waals surface area contributed by atoms with Crippen molar-refractivity contribution in [3.8, 4) is 5.75 Å². The van der Waals surface area contributed by atoms with E-state index in [1.54, 1.807) is 0 Å². The number of likely N-dealkylation sites (tertiary alicyclic amines) is 1. The summed E-state index contributed by atoms with van der Waals surface area (Å²) in [7, 11) is 0. The number of likely N-dealkylation sites (N-methyl/N-ethyl adjacent to an activating group) is 1. The molecule has 2 heterocycles. The summed E-state index contributed by atoms with van der Waals surface area (Å²) in [6.07, 6.45) is 2.33. The van der Waals surface area contributed by atoms with Crippen molar-refractivity contribution in [2.75, 3.05) is 19.6 Å². The second kappa shape index (κ2) is 7.89. The van der Waals surface area contributed by atoms with Gasteiger partial charge in [0.05, 0.1) is 0 Å². The molecular formula is C27H34N2O3. The van der Waals surface area contributed by atoms with Gasteiger partial charge in [-0.2, -0.15) is 0 Å². The number of carbonyl (C=O) groups excluding carboxylic acids is 1. The van der Waals surface area contributed by atoms with Crippen molar-refractivity contribution in [1.29, 1.82) is 0 Å². The summed E-state index contributed by atoms with van der Waals surface area (Å²) in [5.74, 6) is 0.893. The van der Waals surface area contributed by atoms with E-state index in [-0.39, 0.29) is 17.4 Å². The molecule has 0 aromatic heterocycles. The first kappa shape index (κ1) is 21.5. The average Bonchev–Trinajstić information content (AvgIpc) is 3.46. The van der Waals surface area contributed by atoms with Crippen LogP contribution in [0.4, 0.5) is 0 Å². The van der Waals surface area contributed by atoms with E-state index < -0.39 is 11.7 Å². The fraction of sp³-hybridized carbons (Fsp3) is 0.519. The Hall–Kier alpha value is -2.37. The summed E-state index contributed by atoms with van der Waals surface area (Å²) >= 11 is 0. The van der Waals surface area contributed by atoms with Gasteiger partial charge in [0, 0.05) is 48.8 Å². The van der Waals surface area contributed by atoms with Gasteiger partial charge in [0.25, 0.3) is 5.91 Å². The average molecular weight is 435 g/mol. The minimum atomic E-state index is -0.615. The first-order valence-electron chi connectivity index (χ1n) is 11.9. The molecule has 1 spiro atoms. The van der Waals surface area contributed by atoms with Crippen LogP contribution in [0.3, 0.4) is 0 Å². The molecule has 2 aliphatic heterocycles. The van der Waals surface area contributed by atoms with E-state index in [0.717, 1.165) is 50.2 Å². The monoisotopic (exact) mass is 434 g/mol. The lowest BCUT2D eigenvalue weighted by atomic mass is 9.78. The van der Waals surface area contributed by atoms with Crippen LogP contribution >= 0.6 is 0 Å². The highest BCUT2D eigenvalue weighted by Gasteiger charge is 2.60. The molecule has 1 unspecified atom stereocenters. The van der Waals surface area contributed by atoms with Crippen molar-refractivity contribution in [1.82, 2.24) is 9.80 Å². The quantitative estimate of drug-likeness (QED) is 0.773. The lowest BCUT2D eigenvalue weighted by Crippen LogP contribution is -2.52. The van der Waals surface area contributed by atoms with Gasteiger partial charge in [0.1, 0.15) is 17.5 Å². The maximum atomic E-state index is 13.6. The van der Waals surface area contributed by atoms with Gasteiger partial charge < -0.3 is 14.7 Å². The first-order chi connectivity index (χ1) is 15.3. The fourth-order valence-corrected chi connectivity index (χ4v) is 5.76. The van der Waals surface area contributed by atoms with E-state index >= 15 is 0 Å². The van der Waals surface area contributed by atoms with Crippen molar-refractivity contribution in [2.24, 2.45) is 0 Å². The van der Waals surface area contributed by atoms with E-state index in [4.69, 9.17) is 4.74 Å². The smallest absolute Gasteiger partial charge is 0.254 e. The van der Waals surface area contributed by atoms with Gasteiger partial charge in [0.2, 0.25) is 0 Å². The van der Waals surface area contributed by atoms with Crippen LogP contribution in [0, 0.1) is 0 Å². The van der Waals surface area contributed by atoms with Crippen LogP contribution in [-0.4, -0.2) is 58.2 Å². The van der Waals surface area contributed by atoms with E-state index in [1.807, 2.05) is 43.0 Å². The Morgan fingerprint density at radius 2 is 1.94 bits per heavy atom. The fourth-order valence-electron chi connectivity index (χ4n) is 5.76. The number of fused-ring (bicyclic) bond motifs is 2. The molecule has 1 saturated carbocycles. The normalized spacial score (nSPS) is 25.2. The number of hydrogen-bond donors (Lipinski definition) is 1. The lowest BCUT2D eigenvalue weighted by Gasteiger charge is -2.43. The third kappa shape index (κ3) is 3.61. The van der Waals surface area contributed by atoms with Gasteiger partial charge in [-0.1, -0.05) is 30.3 Å². The SMILES string of the molecule is CCN(C(=O)c1ccc2c(c1)C1(CC1)[C@H](O)C(C)(C)O2)C1CCN(Cc2ccccc2)C1. The van der Waals surface area contributed by atoms with Crippen LogP contribution < -0.4 is 4.74 Å². The molecule has 1 N–H and O–H groups in total. The van der Waals surface area contributed by atoms with Crippen LogP contribution in [-0.2, 0) is 12.0 Å². The number of amides is 1. The molecular weight excluding hydrogens is 400 g/mol. The third-order valence-electron chi connectivity index (χ3n) is 7.65. The van der Waals surface area contributed by atoms with Crippen molar-refractivity contribution in [3.05, 3.63) is 65.2 Å². The second-order valence-corrected chi connectivity index (χ2v) is 10.2. The first-order valence-corrected chi connectivity index (χ1v) is 11.9. The number of carbonyl (C=O) groups is 1. The molecule has 0 bridgehead atoms. The molecule has 2 aromatic rings. The molecule has 170 valence electrons. The van der Waals surface area contributed by atoms with Crippen molar-refractivity contribution in [2.45, 2.75) is 69.7 Å². The van der Waals surface area contributed by atoms with Crippen LogP contribution in [0.1, 0.15) is 61.5 Å². The number of aliphatic hydroxyl groups excluding tert-OH is 1. The molecule has 1 saturated heterocycles. The zero-order valence-electron chi connectivity index (χ0n) is 19.4. The summed E-state index contributed by atoms with van der Waals surface area (Å²) in [6.45, 7) is 9.48. The molecule has 2 aromatic carbocycles. The number of nitrogens with zero attached hydrogens (tertiary/aromatic N) is 2. The largest absolute Gasteiger partial charge is 0.485 e. The summed E-state index contributed by atoms with van der Waals surface area (Å²) in [4.78, 5) is 18.0. The van der Waals surface area contributed by atoms with Gasteiger partial charge in [-0.15, -0.1) is 0 Å². The van der Waals surface area contributed by atoms with E-state index in [9.17, 15) is 9.90 Å². The molecule has 32 heavy (non-hydrogen) atoms. The summed E-state index contributed by atoms with van der Waals surface area (Å²) in [6, 6.07) is 16.6. The highest BCUT2D eigenvalue weighted by Crippen LogP contribution is 2.59. The van der Waals surface area contributed by atoms with Crippen molar-refractivity contribution in [3.63, 3.8) is 0 Å². The maximum absolute atomic E-state index is 13.6. The standard InChI is InChI=1S/C27H34N2O3/c1-4-29(21-12-15-28(18-21)17-19-8-6-5-7-9-19)24(30)20-10-11-23-22(16-20)27(13-14-27)25(31)26(2,3)32-23/h5-11,16,21,25,31H,4,12-15,17-18H2,1-3H3/t21?,25-/m1/s1. The van der Waals surface area contributed by atoms with Crippen LogP contribution in [0.25, 0.3) is 0 Å². The minimum Gasteiger partial charge on any atom is -0.485 e. The number of aliphatic hydroxyl groups is 1. The molecule has 3 aliphatic rings. The zero-order valence-corrected chi connectivity index (χ0v) is 19.4. The predicted octanol–water partition coefficient (Wildman–Crippen LogP) is 3.99. The molecule has 5 nitrogen and oxygen atoms in total. The molecule has 5 heteroatoms. The summed E-state index contributed by atoms with van der Waals surface area (Å²) in [5, 5.41) is 11.0. The topological polar surface area (TPSA) is 53.0 Å². The summed E-state index contributed by atoms with van der Waals surface area (Å²) < 4.78 is 6.12. The lowest BCUT2D eigenvalue weighted by molar-refractivity contribution is -0.0654. The van der Waals surface area contributed by atoms with E-state index in [2.05, 4.69) is 36.1 Å². The van der Waals surface area contributed by atoms with Gasteiger partial charge in [-0.25, -0.2) is 0 Å². The highest BCUT2D eigenvalue weighted by molar-refractivity contribution is 5.95. The Morgan fingerprint density at radius 1 is 1.19 bits per heavy atom. The molecule has 0 radical (unpaired) electrons. The minimum absolute atomic E-state index is 0.0805. The van der Waals surface area contributed by atoms with Gasteiger partial charge >= 0.3 is 0 Å². The number of rotatable bonds is 5. The Balaban J connectivity index is 1.33. The molecule has 5 rings (SSSR count). The van der Waals surface area contributed by atoms with Gasteiger partial charge in [-0.3, -0.25) is 9.69 Å². The molecule has 2 atom stereocenters. The Labute approximate surface area is 191 Å². The predicted molar refractivity (Wildman–Crippen MR) is 125 cm³/mol. The van der Waals surface area contributed by atoms with Crippen LogP contribution in [0.15, 0.2) is 48.5 Å². The number of hydrogen-bond acceptors (Lipinski definition) is 4. The summed E-state index contributed by atoms with van der Waals surface area (Å²) in [5.41, 5.74) is 2.14. The van der Waals surface area contributed by atoms with Crippen molar-refractivity contribution < 1.29 is 14.6 Å². The molecule has 2 fully saturated rings. The second-order valence-electron chi connectivity index (χ2n) is 10.2. The van der Waals surface area contributed by atoms with E-state index in [0.29, 0.717) is 12.1 Å². The highest BCUT2D eigenvalue weighted by atomic mass is 16.5. The maximum Gasteiger partial charge on any atom is 0.254 e. The van der Waals surface area contributed by atoms with Gasteiger partial charge in [0.15, 0.2) is 0 Å². The molecule has 1 aliphatic carbocycles. The zero-order chi connectivity index (χ0) is 22.5.